The molecule has 3 heteroatoms. The Kier molecular flexibility index (Phi) is 4.78. The van der Waals surface area contributed by atoms with Crippen molar-refractivity contribution in [2.75, 3.05) is 0 Å². The molecule has 0 aliphatic heterocycles. The molecule has 1 amide bonds. The summed E-state index contributed by atoms with van der Waals surface area (Å²) in [7, 11) is 0. The van der Waals surface area contributed by atoms with Crippen LogP contribution in [0, 0.1) is 5.92 Å². The van der Waals surface area contributed by atoms with Gasteiger partial charge in [0.2, 0.25) is 5.91 Å². The van der Waals surface area contributed by atoms with Gasteiger partial charge in [-0.05, 0) is 25.7 Å². The molecule has 1 aliphatic rings. The van der Waals surface area contributed by atoms with Crippen molar-refractivity contribution in [2.24, 2.45) is 11.7 Å². The Hall–Kier alpha value is -0.570. The summed E-state index contributed by atoms with van der Waals surface area (Å²) in [5.41, 5.74) is 5.92. The summed E-state index contributed by atoms with van der Waals surface area (Å²) in [6, 6.07) is -0.358. The van der Waals surface area contributed by atoms with Crippen molar-refractivity contribution in [1.29, 1.82) is 0 Å². The second-order valence-corrected chi connectivity index (χ2v) is 5.52. The predicted octanol–water partition coefficient (Wildman–Crippen LogP) is 2.20. The van der Waals surface area contributed by atoms with Crippen molar-refractivity contribution in [3.63, 3.8) is 0 Å². The highest BCUT2D eigenvalue weighted by atomic mass is 16.2. The lowest BCUT2D eigenvalue weighted by molar-refractivity contribution is -0.125. The molecule has 0 aromatic carbocycles. The maximum Gasteiger partial charge on any atom is 0.237 e. The molecule has 2 atom stereocenters. The van der Waals surface area contributed by atoms with Gasteiger partial charge in [0, 0.05) is 5.54 Å². The van der Waals surface area contributed by atoms with Gasteiger partial charge in [0.25, 0.3) is 0 Å². The van der Waals surface area contributed by atoms with Gasteiger partial charge in [-0.2, -0.15) is 0 Å². The second kappa shape index (κ2) is 5.67. The predicted molar refractivity (Wildman–Crippen MR) is 67.1 cm³/mol. The minimum atomic E-state index is -0.358. The van der Waals surface area contributed by atoms with Crippen LogP contribution in [0.1, 0.15) is 59.3 Å². The molecule has 1 unspecified atom stereocenters. The first-order valence-corrected chi connectivity index (χ1v) is 6.56. The van der Waals surface area contributed by atoms with Crippen molar-refractivity contribution < 1.29 is 4.79 Å². The quantitative estimate of drug-likeness (QED) is 0.772. The number of carbonyl (C=O) groups excluding carboxylic acids is 1. The second-order valence-electron chi connectivity index (χ2n) is 5.52. The highest BCUT2D eigenvalue weighted by Crippen LogP contribution is 2.27. The first kappa shape index (κ1) is 13.5. The first-order valence-electron chi connectivity index (χ1n) is 6.56. The highest BCUT2D eigenvalue weighted by Gasteiger charge is 2.31. The minimum absolute atomic E-state index is 0.0135. The number of nitrogens with two attached hydrogens (primary N) is 1. The third-order valence-electron chi connectivity index (χ3n) is 3.94. The Morgan fingerprint density at radius 3 is 2.44 bits per heavy atom. The molecule has 94 valence electrons. The molecule has 0 saturated heterocycles. The molecule has 1 fully saturated rings. The van der Waals surface area contributed by atoms with Crippen molar-refractivity contribution in [2.45, 2.75) is 70.9 Å². The summed E-state index contributed by atoms with van der Waals surface area (Å²) in [6.45, 7) is 6.25. The zero-order valence-corrected chi connectivity index (χ0v) is 10.9. The number of hydrogen-bond acceptors (Lipinski definition) is 2. The van der Waals surface area contributed by atoms with Crippen molar-refractivity contribution >= 4 is 5.91 Å². The Morgan fingerprint density at radius 2 is 1.94 bits per heavy atom. The number of nitrogens with one attached hydrogen (secondary N) is 1. The van der Waals surface area contributed by atoms with Crippen LogP contribution in [0.2, 0.25) is 0 Å². The molecule has 0 radical (unpaired) electrons. The molecule has 0 spiro atoms. The van der Waals surface area contributed by atoms with Crippen LogP contribution in [0.25, 0.3) is 0 Å². The van der Waals surface area contributed by atoms with E-state index < -0.39 is 0 Å². The molecule has 0 aromatic heterocycles. The largest absolute Gasteiger partial charge is 0.350 e. The fraction of sp³-hybridized carbons (Fsp3) is 0.923. The molecule has 3 nitrogen and oxygen atoms in total. The monoisotopic (exact) mass is 226 g/mol. The zero-order valence-electron chi connectivity index (χ0n) is 10.9. The lowest BCUT2D eigenvalue weighted by Crippen LogP contribution is -2.54. The zero-order chi connectivity index (χ0) is 12.2. The van der Waals surface area contributed by atoms with Gasteiger partial charge < -0.3 is 11.1 Å². The lowest BCUT2D eigenvalue weighted by atomic mass is 9.83. The number of carbonyl (C=O) groups is 1. The normalized spacial score (nSPS) is 23.5. The summed E-state index contributed by atoms with van der Waals surface area (Å²) in [5.74, 6) is 0.283. The molecule has 1 aliphatic carbocycles. The molecule has 16 heavy (non-hydrogen) atoms. The Morgan fingerprint density at radius 1 is 1.38 bits per heavy atom. The SMILES string of the molecule is CCC(C)[C@H](N)C(=O)NC1(C)CCCCC1. The Bertz CT molecular complexity index is 234. The standard InChI is InChI=1S/C13H26N2O/c1-4-10(2)11(14)12(16)15-13(3)8-6-5-7-9-13/h10-11H,4-9,14H2,1-3H3,(H,15,16)/t10?,11-/m0/s1. The third-order valence-corrected chi connectivity index (χ3v) is 3.94. The van der Waals surface area contributed by atoms with Crippen LogP contribution in [0.5, 0.6) is 0 Å². The van der Waals surface area contributed by atoms with E-state index in [1.165, 1.54) is 19.3 Å². The van der Waals surface area contributed by atoms with Gasteiger partial charge in [0.1, 0.15) is 0 Å². The van der Waals surface area contributed by atoms with Crippen LogP contribution in [0.15, 0.2) is 0 Å². The highest BCUT2D eigenvalue weighted by molar-refractivity contribution is 5.82. The maximum atomic E-state index is 12.0. The summed E-state index contributed by atoms with van der Waals surface area (Å²) in [4.78, 5) is 12.0. The molecule has 0 aromatic rings. The summed E-state index contributed by atoms with van der Waals surface area (Å²) >= 11 is 0. The van der Waals surface area contributed by atoms with Gasteiger partial charge in [-0.1, -0.05) is 39.5 Å². The first-order chi connectivity index (χ1) is 7.48. The van der Waals surface area contributed by atoms with E-state index in [-0.39, 0.29) is 23.4 Å². The van der Waals surface area contributed by atoms with E-state index in [2.05, 4.69) is 19.2 Å². The van der Waals surface area contributed by atoms with E-state index in [9.17, 15) is 4.79 Å². The van der Waals surface area contributed by atoms with Gasteiger partial charge in [-0.25, -0.2) is 0 Å². The van der Waals surface area contributed by atoms with Gasteiger partial charge >= 0.3 is 0 Å². The summed E-state index contributed by atoms with van der Waals surface area (Å²) in [5, 5.41) is 3.15. The fourth-order valence-corrected chi connectivity index (χ4v) is 2.35. The van der Waals surface area contributed by atoms with E-state index >= 15 is 0 Å². The van der Waals surface area contributed by atoms with Gasteiger partial charge in [0.15, 0.2) is 0 Å². The van der Waals surface area contributed by atoms with E-state index in [1.807, 2.05) is 6.92 Å². The van der Waals surface area contributed by atoms with E-state index in [0.717, 1.165) is 19.3 Å². The molecule has 1 rings (SSSR count). The molecular weight excluding hydrogens is 200 g/mol. The Balaban J connectivity index is 2.49. The van der Waals surface area contributed by atoms with Crippen LogP contribution < -0.4 is 11.1 Å². The van der Waals surface area contributed by atoms with Gasteiger partial charge in [-0.3, -0.25) is 4.79 Å². The minimum Gasteiger partial charge on any atom is -0.350 e. The average molecular weight is 226 g/mol. The van der Waals surface area contributed by atoms with Crippen LogP contribution in [-0.2, 0) is 4.79 Å². The van der Waals surface area contributed by atoms with Crippen LogP contribution >= 0.6 is 0 Å². The fourth-order valence-electron chi connectivity index (χ4n) is 2.35. The van der Waals surface area contributed by atoms with E-state index in [0.29, 0.717) is 0 Å². The number of hydrogen-bond donors (Lipinski definition) is 2. The van der Waals surface area contributed by atoms with Gasteiger partial charge in [0.05, 0.1) is 6.04 Å². The number of rotatable bonds is 4. The van der Waals surface area contributed by atoms with Gasteiger partial charge in [-0.15, -0.1) is 0 Å². The van der Waals surface area contributed by atoms with Crippen LogP contribution in [0.4, 0.5) is 0 Å². The average Bonchev–Trinajstić information content (AvgIpc) is 2.27. The van der Waals surface area contributed by atoms with Crippen LogP contribution in [-0.4, -0.2) is 17.5 Å². The molecule has 1 saturated carbocycles. The van der Waals surface area contributed by atoms with Crippen molar-refractivity contribution in [3.8, 4) is 0 Å². The maximum absolute atomic E-state index is 12.0. The third kappa shape index (κ3) is 3.48. The summed E-state index contributed by atoms with van der Waals surface area (Å²) in [6.07, 6.45) is 6.86. The van der Waals surface area contributed by atoms with Crippen LogP contribution in [0.3, 0.4) is 0 Å². The molecular formula is C13H26N2O. The van der Waals surface area contributed by atoms with Crippen molar-refractivity contribution in [1.82, 2.24) is 5.32 Å². The lowest BCUT2D eigenvalue weighted by Gasteiger charge is -2.36. The summed E-state index contributed by atoms with van der Waals surface area (Å²) < 4.78 is 0. The molecule has 0 bridgehead atoms. The topological polar surface area (TPSA) is 55.1 Å². The van der Waals surface area contributed by atoms with Crippen molar-refractivity contribution in [3.05, 3.63) is 0 Å². The Labute approximate surface area is 99.2 Å². The van der Waals surface area contributed by atoms with E-state index in [4.69, 9.17) is 5.73 Å². The molecule has 3 N–H and O–H groups in total. The molecule has 0 heterocycles. The van der Waals surface area contributed by atoms with E-state index in [1.54, 1.807) is 0 Å². The number of amides is 1. The smallest absolute Gasteiger partial charge is 0.237 e.